The summed E-state index contributed by atoms with van der Waals surface area (Å²) < 4.78 is 12.4. The Bertz CT molecular complexity index is 949. The van der Waals surface area contributed by atoms with Gasteiger partial charge in [0.25, 0.3) is 5.90 Å². The fraction of sp³-hybridized carbons (Fsp3) is 0.400. The summed E-state index contributed by atoms with van der Waals surface area (Å²) in [4.78, 5) is 16.7. The molecule has 1 aromatic carbocycles. The van der Waals surface area contributed by atoms with E-state index in [1.165, 1.54) is 0 Å². The number of H-pyrrole nitrogens is 1. The number of carbonyl (C=O) groups excluding carboxylic acids is 1. The van der Waals surface area contributed by atoms with Crippen LogP contribution in [0.2, 0.25) is 0 Å². The van der Waals surface area contributed by atoms with Crippen LogP contribution in [0.3, 0.4) is 0 Å². The molecule has 28 heavy (non-hydrogen) atoms. The lowest BCUT2D eigenvalue weighted by molar-refractivity contribution is 0.103. The maximum absolute atomic E-state index is 13.4. The van der Waals surface area contributed by atoms with Crippen molar-refractivity contribution in [1.82, 2.24) is 10.4 Å². The van der Waals surface area contributed by atoms with Crippen LogP contribution in [-0.4, -0.2) is 36.0 Å². The number of aryl methyl sites for hydroxylation is 1. The van der Waals surface area contributed by atoms with Gasteiger partial charge in [0.05, 0.1) is 5.56 Å². The molecule has 0 saturated heterocycles. The van der Waals surface area contributed by atoms with Crippen LogP contribution in [0.4, 0.5) is 0 Å². The molecule has 1 fully saturated rings. The Morgan fingerprint density at radius 3 is 2.89 bits per heavy atom. The fourth-order valence-electron chi connectivity index (χ4n) is 3.42. The Balaban J connectivity index is 1.66. The Morgan fingerprint density at radius 2 is 2.18 bits per heavy atom. The molecule has 1 saturated carbocycles. The number of benzene rings is 1. The van der Waals surface area contributed by atoms with E-state index >= 15 is 0 Å². The second-order valence-corrected chi connectivity index (χ2v) is 8.07. The molecule has 2 heterocycles. The van der Waals surface area contributed by atoms with Crippen LogP contribution in [0, 0.1) is 19.8 Å². The van der Waals surface area contributed by atoms with E-state index in [1.54, 1.807) is 12.1 Å². The largest absolute Gasteiger partial charge is 0.492 e. The molecule has 1 aromatic heterocycles. The lowest BCUT2D eigenvalue weighted by Crippen LogP contribution is -2.24. The molecule has 2 aromatic rings. The lowest BCUT2D eigenvalue weighted by Gasteiger charge is -2.11. The summed E-state index contributed by atoms with van der Waals surface area (Å²) in [6.07, 6.45) is 2.24. The number of hydrogen-bond donors (Lipinski definition) is 3. The first kappa shape index (κ1) is 19.0. The van der Waals surface area contributed by atoms with Crippen LogP contribution in [-0.2, 0) is 4.74 Å². The van der Waals surface area contributed by atoms with Crippen molar-refractivity contribution in [3.05, 3.63) is 50.8 Å². The fourth-order valence-corrected chi connectivity index (χ4v) is 3.79. The molecule has 1 atom stereocenters. The quantitative estimate of drug-likeness (QED) is 0.567. The number of aromatic nitrogens is 1. The van der Waals surface area contributed by atoms with Gasteiger partial charge in [0, 0.05) is 28.2 Å². The van der Waals surface area contributed by atoms with Gasteiger partial charge in [0.2, 0.25) is 0 Å². The number of carbonyl (C=O) groups is 1. The van der Waals surface area contributed by atoms with Crippen LogP contribution in [0.25, 0.3) is 0 Å². The van der Waals surface area contributed by atoms with Gasteiger partial charge in [0.1, 0.15) is 18.1 Å². The number of hydrazone groups is 1. The third-order valence-electron chi connectivity index (χ3n) is 5.02. The summed E-state index contributed by atoms with van der Waals surface area (Å²) in [5.41, 5.74) is 12.0. The van der Waals surface area contributed by atoms with Gasteiger partial charge in [0.15, 0.2) is 12.0 Å². The van der Waals surface area contributed by atoms with Crippen LogP contribution < -0.4 is 15.9 Å². The SMILES string of the molecule is Cc1[nH]c(C2=NNC(C3CC3)O2)c(C)c1C(=O)c1cc(Br)ccc1OCCN. The van der Waals surface area contributed by atoms with E-state index in [2.05, 4.69) is 31.4 Å². The maximum atomic E-state index is 13.4. The zero-order valence-electron chi connectivity index (χ0n) is 15.8. The molecule has 8 heteroatoms. The second kappa shape index (κ2) is 7.60. The Labute approximate surface area is 171 Å². The zero-order chi connectivity index (χ0) is 19.8. The summed E-state index contributed by atoms with van der Waals surface area (Å²) in [5, 5.41) is 4.32. The molecule has 1 aliphatic carbocycles. The van der Waals surface area contributed by atoms with Crippen molar-refractivity contribution in [2.45, 2.75) is 32.9 Å². The minimum Gasteiger partial charge on any atom is -0.492 e. The van der Waals surface area contributed by atoms with Crippen LogP contribution in [0.15, 0.2) is 27.8 Å². The second-order valence-electron chi connectivity index (χ2n) is 7.15. The van der Waals surface area contributed by atoms with E-state index in [1.807, 2.05) is 19.9 Å². The molecular formula is C20H23BrN4O3. The number of nitrogens with one attached hydrogen (secondary N) is 2. The normalized spacial score (nSPS) is 18.4. The average molecular weight is 447 g/mol. The Kier molecular flexibility index (Phi) is 5.16. The number of aromatic amines is 1. The maximum Gasteiger partial charge on any atom is 0.257 e. The monoisotopic (exact) mass is 446 g/mol. The van der Waals surface area contributed by atoms with Crippen molar-refractivity contribution in [3.8, 4) is 5.75 Å². The molecule has 148 valence electrons. The van der Waals surface area contributed by atoms with Gasteiger partial charge in [-0.2, -0.15) is 0 Å². The zero-order valence-corrected chi connectivity index (χ0v) is 17.4. The third-order valence-corrected chi connectivity index (χ3v) is 5.52. The highest BCUT2D eigenvalue weighted by Crippen LogP contribution is 2.36. The highest BCUT2D eigenvalue weighted by Gasteiger charge is 2.37. The van der Waals surface area contributed by atoms with E-state index in [-0.39, 0.29) is 12.0 Å². The van der Waals surface area contributed by atoms with E-state index in [9.17, 15) is 4.79 Å². The van der Waals surface area contributed by atoms with E-state index in [0.717, 1.165) is 34.3 Å². The number of ketones is 1. The van der Waals surface area contributed by atoms with E-state index in [0.29, 0.717) is 41.8 Å². The highest BCUT2D eigenvalue weighted by molar-refractivity contribution is 9.10. The predicted octanol–water partition coefficient (Wildman–Crippen LogP) is 2.98. The van der Waals surface area contributed by atoms with Crippen molar-refractivity contribution in [2.24, 2.45) is 16.8 Å². The smallest absolute Gasteiger partial charge is 0.257 e. The van der Waals surface area contributed by atoms with Crippen LogP contribution >= 0.6 is 15.9 Å². The topological polar surface area (TPSA) is 102 Å². The van der Waals surface area contributed by atoms with Gasteiger partial charge in [-0.1, -0.05) is 15.9 Å². The number of nitrogens with two attached hydrogens (primary N) is 1. The number of ether oxygens (including phenoxy) is 2. The van der Waals surface area contributed by atoms with Crippen molar-refractivity contribution < 1.29 is 14.3 Å². The van der Waals surface area contributed by atoms with Crippen molar-refractivity contribution in [2.75, 3.05) is 13.2 Å². The minimum atomic E-state index is -0.115. The minimum absolute atomic E-state index is 0.0708. The summed E-state index contributed by atoms with van der Waals surface area (Å²) in [5.74, 6) is 1.43. The average Bonchev–Trinajstić information content (AvgIpc) is 3.34. The summed E-state index contributed by atoms with van der Waals surface area (Å²) in [6.45, 7) is 4.50. The van der Waals surface area contributed by atoms with Gasteiger partial charge in [-0.25, -0.2) is 0 Å². The third kappa shape index (κ3) is 3.54. The molecule has 4 rings (SSSR count). The number of rotatable bonds is 7. The van der Waals surface area contributed by atoms with Gasteiger partial charge in [-0.05, 0) is 50.5 Å². The molecule has 7 nitrogen and oxygen atoms in total. The molecule has 1 unspecified atom stereocenters. The molecule has 1 aliphatic heterocycles. The van der Waals surface area contributed by atoms with Crippen molar-refractivity contribution >= 4 is 27.6 Å². The summed E-state index contributed by atoms with van der Waals surface area (Å²) in [6, 6.07) is 5.39. The number of hydrogen-bond acceptors (Lipinski definition) is 6. The highest BCUT2D eigenvalue weighted by atomic mass is 79.9. The van der Waals surface area contributed by atoms with E-state index < -0.39 is 0 Å². The molecule has 2 aliphatic rings. The molecular weight excluding hydrogens is 424 g/mol. The van der Waals surface area contributed by atoms with Crippen LogP contribution in [0.5, 0.6) is 5.75 Å². The van der Waals surface area contributed by atoms with Crippen LogP contribution in [0.1, 0.15) is 45.7 Å². The number of nitrogens with zero attached hydrogens (tertiary/aromatic N) is 1. The molecule has 0 amide bonds. The van der Waals surface area contributed by atoms with E-state index in [4.69, 9.17) is 15.2 Å². The summed E-state index contributed by atoms with van der Waals surface area (Å²) >= 11 is 3.44. The van der Waals surface area contributed by atoms with Crippen molar-refractivity contribution in [3.63, 3.8) is 0 Å². The molecule has 4 N–H and O–H groups in total. The van der Waals surface area contributed by atoms with Gasteiger partial charge < -0.3 is 20.2 Å². The lowest BCUT2D eigenvalue weighted by atomic mass is 9.99. The van der Waals surface area contributed by atoms with Gasteiger partial charge >= 0.3 is 0 Å². The first-order valence-corrected chi connectivity index (χ1v) is 10.2. The molecule has 0 radical (unpaired) electrons. The van der Waals surface area contributed by atoms with Crippen molar-refractivity contribution in [1.29, 1.82) is 0 Å². The number of halogens is 1. The Hall–Kier alpha value is -2.32. The molecule has 0 bridgehead atoms. The Morgan fingerprint density at radius 1 is 1.39 bits per heavy atom. The standard InChI is InChI=1S/C20H23BrN4O3/c1-10-16(18(26)14-9-13(21)5-6-15(14)27-8-7-22)11(2)23-17(10)20-25-24-19(28-20)12-3-4-12/h5-6,9,12,19,23-24H,3-4,7-8,22H2,1-2H3. The first-order chi connectivity index (χ1) is 13.5. The predicted molar refractivity (Wildman–Crippen MR) is 110 cm³/mol. The van der Waals surface area contributed by atoms with Gasteiger partial charge in [-0.3, -0.25) is 10.2 Å². The summed E-state index contributed by atoms with van der Waals surface area (Å²) in [7, 11) is 0. The molecule has 0 spiro atoms. The first-order valence-electron chi connectivity index (χ1n) is 9.36. The van der Waals surface area contributed by atoms with Gasteiger partial charge in [-0.15, -0.1) is 5.10 Å².